The Labute approximate surface area is 150 Å². The van der Waals surface area contributed by atoms with Crippen LogP contribution in [0.2, 0.25) is 0 Å². The monoisotopic (exact) mass is 418 g/mol. The van der Waals surface area contributed by atoms with Crippen molar-refractivity contribution in [1.29, 1.82) is 0 Å². The van der Waals surface area contributed by atoms with E-state index in [1.165, 1.54) is 5.69 Å². The average Bonchev–Trinajstić information content (AvgIpc) is 2.56. The molecular formula is C16H27IN4O. The van der Waals surface area contributed by atoms with Gasteiger partial charge >= 0.3 is 0 Å². The number of aliphatic imine (C=N–C) groups is 1. The van der Waals surface area contributed by atoms with Crippen molar-refractivity contribution in [3.8, 4) is 5.75 Å². The summed E-state index contributed by atoms with van der Waals surface area (Å²) in [6.07, 6.45) is 1.11. The number of halogens is 1. The lowest BCUT2D eigenvalue weighted by molar-refractivity contribution is 0.372. The van der Waals surface area contributed by atoms with Crippen LogP contribution in [0.4, 0.5) is 5.69 Å². The fourth-order valence-corrected chi connectivity index (χ4v) is 2.55. The lowest BCUT2D eigenvalue weighted by Crippen LogP contribution is -2.52. The summed E-state index contributed by atoms with van der Waals surface area (Å²) in [5.74, 6) is 1.93. The first-order valence-electron chi connectivity index (χ1n) is 7.63. The Bertz CT molecular complexity index is 473. The Morgan fingerprint density at radius 2 is 2.00 bits per heavy atom. The van der Waals surface area contributed by atoms with Gasteiger partial charge in [-0.3, -0.25) is 4.99 Å². The number of nitrogens with zero attached hydrogens (tertiary/aromatic N) is 3. The number of benzene rings is 1. The van der Waals surface area contributed by atoms with Crippen LogP contribution >= 0.6 is 24.0 Å². The van der Waals surface area contributed by atoms with Gasteiger partial charge in [0, 0.05) is 51.5 Å². The van der Waals surface area contributed by atoms with E-state index < -0.39 is 0 Å². The number of piperazine rings is 1. The van der Waals surface area contributed by atoms with Crippen molar-refractivity contribution in [3.63, 3.8) is 0 Å². The van der Waals surface area contributed by atoms with Crippen molar-refractivity contribution in [1.82, 2.24) is 10.2 Å². The minimum absolute atomic E-state index is 0. The van der Waals surface area contributed by atoms with Gasteiger partial charge in [-0.2, -0.15) is 0 Å². The highest BCUT2D eigenvalue weighted by molar-refractivity contribution is 14.0. The van der Waals surface area contributed by atoms with Gasteiger partial charge in [-0.15, -0.1) is 24.0 Å². The smallest absolute Gasteiger partial charge is 0.193 e. The molecule has 2 rings (SSSR count). The second kappa shape index (κ2) is 9.76. The van der Waals surface area contributed by atoms with Crippen LogP contribution in [0.3, 0.4) is 0 Å². The van der Waals surface area contributed by atoms with E-state index in [4.69, 9.17) is 4.74 Å². The summed E-state index contributed by atoms with van der Waals surface area (Å²) < 4.78 is 5.30. The predicted molar refractivity (Wildman–Crippen MR) is 104 cm³/mol. The molecule has 6 heteroatoms. The van der Waals surface area contributed by atoms with Gasteiger partial charge in [-0.05, 0) is 18.6 Å². The van der Waals surface area contributed by atoms with E-state index in [0.29, 0.717) is 0 Å². The SMILES string of the molecule is CCCNC(=NC)N1CCN(c2cccc(OC)c2)CC1.I. The molecule has 1 aromatic carbocycles. The van der Waals surface area contributed by atoms with Crippen molar-refractivity contribution < 1.29 is 4.74 Å². The topological polar surface area (TPSA) is 40.1 Å². The number of methoxy groups -OCH3 is 1. The Morgan fingerprint density at radius 3 is 2.59 bits per heavy atom. The van der Waals surface area contributed by atoms with E-state index >= 15 is 0 Å². The van der Waals surface area contributed by atoms with Crippen molar-refractivity contribution in [2.45, 2.75) is 13.3 Å². The first-order chi connectivity index (χ1) is 10.3. The van der Waals surface area contributed by atoms with Crippen molar-refractivity contribution in [2.24, 2.45) is 4.99 Å². The number of hydrogen-bond donors (Lipinski definition) is 1. The molecule has 0 bridgehead atoms. The summed E-state index contributed by atoms with van der Waals surface area (Å²) in [5, 5.41) is 3.40. The van der Waals surface area contributed by atoms with E-state index in [2.05, 4.69) is 39.2 Å². The molecule has 1 heterocycles. The number of guanidine groups is 1. The molecule has 1 aromatic rings. The molecule has 0 amide bonds. The van der Waals surface area contributed by atoms with E-state index in [0.717, 1.165) is 50.9 Å². The molecule has 0 atom stereocenters. The van der Waals surface area contributed by atoms with Crippen LogP contribution in [0.1, 0.15) is 13.3 Å². The van der Waals surface area contributed by atoms with Gasteiger partial charge in [0.15, 0.2) is 5.96 Å². The third-order valence-electron chi connectivity index (χ3n) is 3.74. The van der Waals surface area contributed by atoms with E-state index in [1.807, 2.05) is 19.2 Å². The molecule has 22 heavy (non-hydrogen) atoms. The summed E-state index contributed by atoms with van der Waals surface area (Å²) >= 11 is 0. The second-order valence-corrected chi connectivity index (χ2v) is 5.15. The van der Waals surface area contributed by atoms with Gasteiger partial charge in [0.25, 0.3) is 0 Å². The highest BCUT2D eigenvalue weighted by Gasteiger charge is 2.19. The molecule has 1 aliphatic rings. The molecular weight excluding hydrogens is 391 g/mol. The highest BCUT2D eigenvalue weighted by Crippen LogP contribution is 2.22. The fraction of sp³-hybridized carbons (Fsp3) is 0.562. The molecule has 0 radical (unpaired) electrons. The summed E-state index contributed by atoms with van der Waals surface area (Å²) in [6.45, 7) is 7.12. The van der Waals surface area contributed by atoms with E-state index in [-0.39, 0.29) is 24.0 Å². The number of anilines is 1. The summed E-state index contributed by atoms with van der Waals surface area (Å²) in [7, 11) is 3.56. The molecule has 1 fully saturated rings. The van der Waals surface area contributed by atoms with Gasteiger partial charge in [-0.1, -0.05) is 13.0 Å². The lowest BCUT2D eigenvalue weighted by Gasteiger charge is -2.37. The molecule has 0 saturated carbocycles. The maximum absolute atomic E-state index is 5.30. The van der Waals surface area contributed by atoms with Crippen LogP contribution in [-0.4, -0.2) is 57.7 Å². The van der Waals surface area contributed by atoms with Crippen molar-refractivity contribution in [3.05, 3.63) is 24.3 Å². The van der Waals surface area contributed by atoms with Gasteiger partial charge in [0.1, 0.15) is 5.75 Å². The van der Waals surface area contributed by atoms with E-state index in [1.54, 1.807) is 7.11 Å². The normalized spacial score (nSPS) is 15.3. The van der Waals surface area contributed by atoms with Crippen LogP contribution < -0.4 is 15.0 Å². The number of ether oxygens (including phenoxy) is 1. The predicted octanol–water partition coefficient (Wildman–Crippen LogP) is 2.42. The van der Waals surface area contributed by atoms with Gasteiger partial charge in [0.2, 0.25) is 0 Å². The molecule has 0 aliphatic carbocycles. The Kier molecular flexibility index (Phi) is 8.37. The number of nitrogens with one attached hydrogen (secondary N) is 1. The zero-order chi connectivity index (χ0) is 15.1. The average molecular weight is 418 g/mol. The molecule has 1 aliphatic heterocycles. The fourth-order valence-electron chi connectivity index (χ4n) is 2.55. The molecule has 5 nitrogen and oxygen atoms in total. The van der Waals surface area contributed by atoms with Crippen LogP contribution in [0.5, 0.6) is 5.75 Å². The molecule has 0 unspecified atom stereocenters. The summed E-state index contributed by atoms with van der Waals surface area (Å²) in [5.41, 5.74) is 1.23. The van der Waals surface area contributed by atoms with Gasteiger partial charge < -0.3 is 19.9 Å². The first kappa shape index (κ1) is 18.9. The quantitative estimate of drug-likeness (QED) is 0.463. The first-order valence-corrected chi connectivity index (χ1v) is 7.63. The molecule has 124 valence electrons. The van der Waals surface area contributed by atoms with Gasteiger partial charge in [0.05, 0.1) is 7.11 Å². The minimum Gasteiger partial charge on any atom is -0.497 e. The van der Waals surface area contributed by atoms with Crippen molar-refractivity contribution in [2.75, 3.05) is 51.8 Å². The van der Waals surface area contributed by atoms with Crippen molar-refractivity contribution >= 4 is 35.6 Å². The molecule has 1 saturated heterocycles. The Hall–Kier alpha value is -1.18. The molecule has 0 spiro atoms. The minimum atomic E-state index is 0. The third kappa shape index (κ3) is 4.93. The standard InChI is InChI=1S/C16H26N4O.HI/c1-4-8-18-16(17-2)20-11-9-19(10-12-20)14-6-5-7-15(13-14)21-3;/h5-7,13H,4,8-12H2,1-3H3,(H,17,18);1H. The summed E-state index contributed by atoms with van der Waals surface area (Å²) in [6, 6.07) is 8.26. The lowest BCUT2D eigenvalue weighted by atomic mass is 10.2. The maximum atomic E-state index is 5.30. The van der Waals surface area contributed by atoms with Gasteiger partial charge in [-0.25, -0.2) is 0 Å². The maximum Gasteiger partial charge on any atom is 0.193 e. The second-order valence-electron chi connectivity index (χ2n) is 5.15. The highest BCUT2D eigenvalue weighted by atomic mass is 127. The van der Waals surface area contributed by atoms with Crippen LogP contribution in [0.25, 0.3) is 0 Å². The zero-order valence-electron chi connectivity index (χ0n) is 13.7. The van der Waals surface area contributed by atoms with Crippen LogP contribution in [0.15, 0.2) is 29.3 Å². The zero-order valence-corrected chi connectivity index (χ0v) is 16.0. The molecule has 1 N–H and O–H groups in total. The van der Waals surface area contributed by atoms with E-state index in [9.17, 15) is 0 Å². The number of hydrogen-bond acceptors (Lipinski definition) is 3. The Balaban J connectivity index is 0.00000242. The van der Waals surface area contributed by atoms with Crippen LogP contribution in [-0.2, 0) is 0 Å². The molecule has 0 aromatic heterocycles. The summed E-state index contributed by atoms with van der Waals surface area (Å²) in [4.78, 5) is 9.09. The number of rotatable bonds is 4. The van der Waals surface area contributed by atoms with Crippen LogP contribution in [0, 0.1) is 0 Å². The third-order valence-corrected chi connectivity index (χ3v) is 3.74. The largest absolute Gasteiger partial charge is 0.497 e. The Morgan fingerprint density at radius 1 is 1.27 bits per heavy atom.